The zero-order valence-corrected chi connectivity index (χ0v) is 6.95. The van der Waals surface area contributed by atoms with Gasteiger partial charge >= 0.3 is 12.1 Å². The molecule has 80 valence electrons. The number of aliphatic hydroxyl groups is 1. The largest absolute Gasteiger partial charge is 0.467 e. The number of hydrogen-bond acceptors (Lipinski definition) is 4. The highest BCUT2D eigenvalue weighted by molar-refractivity contribution is 5.80. The predicted molar refractivity (Wildman–Crippen MR) is 37.0 cm³/mol. The van der Waals surface area contributed by atoms with E-state index in [1.165, 1.54) is 0 Å². The van der Waals surface area contributed by atoms with Crippen molar-refractivity contribution in [3.05, 3.63) is 10.4 Å². The molecule has 1 atom stereocenters. The molecule has 0 aromatic heterocycles. The number of ether oxygens (including phenoxy) is 1. The molecular formula is C5H6F3N3O3. The zero-order valence-electron chi connectivity index (χ0n) is 6.95. The number of nitrogens with zero attached hydrogens (tertiary/aromatic N) is 3. The van der Waals surface area contributed by atoms with Gasteiger partial charge in [0.15, 0.2) is 0 Å². The van der Waals surface area contributed by atoms with Crippen molar-refractivity contribution >= 4 is 5.97 Å². The second-order valence-corrected chi connectivity index (χ2v) is 2.24. The molecular weight excluding hydrogens is 207 g/mol. The van der Waals surface area contributed by atoms with Crippen molar-refractivity contribution in [2.45, 2.75) is 11.8 Å². The summed E-state index contributed by atoms with van der Waals surface area (Å²) in [6.07, 6.45) is -5.26. The van der Waals surface area contributed by atoms with Crippen LogP contribution in [0, 0.1) is 0 Å². The molecule has 0 spiro atoms. The van der Waals surface area contributed by atoms with Gasteiger partial charge in [-0.05, 0) is 5.53 Å². The van der Waals surface area contributed by atoms with Crippen molar-refractivity contribution < 1.29 is 27.8 Å². The average molecular weight is 213 g/mol. The van der Waals surface area contributed by atoms with E-state index < -0.39 is 24.3 Å². The van der Waals surface area contributed by atoms with E-state index in [-0.39, 0.29) is 0 Å². The lowest BCUT2D eigenvalue weighted by molar-refractivity contribution is -0.257. The van der Waals surface area contributed by atoms with Crippen LogP contribution in [0.25, 0.3) is 10.4 Å². The zero-order chi connectivity index (χ0) is 11.4. The SMILES string of the molecule is COC(=O)[C@@](O)(CN=[N+]=[N-])C(F)(F)F. The van der Waals surface area contributed by atoms with Gasteiger partial charge in [0, 0.05) is 4.91 Å². The van der Waals surface area contributed by atoms with E-state index in [1.807, 2.05) is 4.91 Å². The fourth-order valence-corrected chi connectivity index (χ4v) is 0.573. The van der Waals surface area contributed by atoms with E-state index in [9.17, 15) is 18.0 Å². The number of esters is 1. The minimum Gasteiger partial charge on any atom is -0.467 e. The maximum Gasteiger partial charge on any atom is 0.428 e. The topological polar surface area (TPSA) is 95.3 Å². The number of methoxy groups -OCH3 is 1. The molecule has 9 heteroatoms. The van der Waals surface area contributed by atoms with Gasteiger partial charge in [-0.15, -0.1) is 0 Å². The Morgan fingerprint density at radius 1 is 1.64 bits per heavy atom. The molecule has 0 heterocycles. The first-order chi connectivity index (χ1) is 6.29. The molecule has 1 N–H and O–H groups in total. The van der Waals surface area contributed by atoms with Crippen LogP contribution in [0.1, 0.15) is 0 Å². The number of halogens is 3. The van der Waals surface area contributed by atoms with Crippen LogP contribution >= 0.6 is 0 Å². The van der Waals surface area contributed by atoms with Crippen LogP contribution < -0.4 is 0 Å². The summed E-state index contributed by atoms with van der Waals surface area (Å²) in [6.45, 7) is -1.46. The highest BCUT2D eigenvalue weighted by Crippen LogP contribution is 2.31. The molecule has 0 saturated carbocycles. The summed E-state index contributed by atoms with van der Waals surface area (Å²) in [5.41, 5.74) is 3.99. The van der Waals surface area contributed by atoms with Gasteiger partial charge in [0.25, 0.3) is 5.60 Å². The molecule has 6 nitrogen and oxygen atoms in total. The summed E-state index contributed by atoms with van der Waals surface area (Å²) >= 11 is 0. The van der Waals surface area contributed by atoms with E-state index in [0.717, 1.165) is 0 Å². The molecule has 0 amide bonds. The molecule has 0 bridgehead atoms. The van der Waals surface area contributed by atoms with Crippen molar-refractivity contribution in [1.82, 2.24) is 0 Å². The molecule has 0 radical (unpaired) electrons. The van der Waals surface area contributed by atoms with Crippen molar-refractivity contribution in [3.8, 4) is 0 Å². The Morgan fingerprint density at radius 3 is 2.43 bits per heavy atom. The molecule has 0 aromatic carbocycles. The maximum atomic E-state index is 12.1. The molecule has 0 saturated heterocycles. The Kier molecular flexibility index (Phi) is 3.72. The van der Waals surface area contributed by atoms with Gasteiger partial charge in [-0.1, -0.05) is 5.11 Å². The van der Waals surface area contributed by atoms with Crippen LogP contribution in [0.4, 0.5) is 13.2 Å². The molecule has 0 aliphatic carbocycles. The normalized spacial score (nSPS) is 15.2. The van der Waals surface area contributed by atoms with E-state index in [0.29, 0.717) is 7.11 Å². The summed E-state index contributed by atoms with van der Waals surface area (Å²) in [6, 6.07) is 0. The summed E-state index contributed by atoms with van der Waals surface area (Å²) in [5.74, 6) is -1.92. The first kappa shape index (κ1) is 12.5. The second-order valence-electron chi connectivity index (χ2n) is 2.24. The van der Waals surface area contributed by atoms with Gasteiger partial charge in [0.2, 0.25) is 0 Å². The number of alkyl halides is 3. The van der Waals surface area contributed by atoms with E-state index in [4.69, 9.17) is 10.6 Å². The Morgan fingerprint density at radius 2 is 2.14 bits per heavy atom. The molecule has 0 fully saturated rings. The quantitative estimate of drug-likeness (QED) is 0.324. The standard InChI is InChI=1S/C5H6F3N3O3/c1-14-3(12)4(13,2-10-11-9)5(6,7)8/h13H,2H2,1H3/t4-/m0/s1. The van der Waals surface area contributed by atoms with Crippen molar-refractivity contribution in [2.24, 2.45) is 5.11 Å². The van der Waals surface area contributed by atoms with Crippen LogP contribution in [0.3, 0.4) is 0 Å². The van der Waals surface area contributed by atoms with Crippen molar-refractivity contribution in [3.63, 3.8) is 0 Å². The lowest BCUT2D eigenvalue weighted by Gasteiger charge is -2.25. The Balaban J connectivity index is 5.04. The molecule has 0 unspecified atom stereocenters. The van der Waals surface area contributed by atoms with E-state index in [2.05, 4.69) is 9.85 Å². The highest BCUT2D eigenvalue weighted by Gasteiger charge is 2.60. The predicted octanol–water partition coefficient (Wildman–Crippen LogP) is 0.763. The van der Waals surface area contributed by atoms with E-state index in [1.54, 1.807) is 0 Å². The maximum absolute atomic E-state index is 12.1. The summed E-state index contributed by atoms with van der Waals surface area (Å²) in [4.78, 5) is 12.6. The van der Waals surface area contributed by atoms with Crippen LogP contribution in [0.5, 0.6) is 0 Å². The van der Waals surface area contributed by atoms with Gasteiger partial charge in [0.05, 0.1) is 13.7 Å². The molecule has 0 rings (SSSR count). The van der Waals surface area contributed by atoms with Gasteiger partial charge in [-0.3, -0.25) is 0 Å². The number of carbonyl (C=O) groups is 1. The first-order valence-electron chi connectivity index (χ1n) is 3.18. The number of rotatable bonds is 3. The monoisotopic (exact) mass is 213 g/mol. The van der Waals surface area contributed by atoms with Gasteiger partial charge in [-0.2, -0.15) is 13.2 Å². The highest BCUT2D eigenvalue weighted by atomic mass is 19.4. The number of carbonyl (C=O) groups excluding carboxylic acids is 1. The molecule has 0 aliphatic heterocycles. The minimum absolute atomic E-state index is 0.676. The first-order valence-corrected chi connectivity index (χ1v) is 3.18. The third kappa shape index (κ3) is 2.27. The third-order valence-corrected chi connectivity index (χ3v) is 1.35. The fourth-order valence-electron chi connectivity index (χ4n) is 0.573. The fraction of sp³-hybridized carbons (Fsp3) is 0.800. The second kappa shape index (κ2) is 4.16. The Hall–Kier alpha value is -1.47. The lowest BCUT2D eigenvalue weighted by Crippen LogP contribution is -2.55. The molecule has 0 aromatic rings. The summed E-state index contributed by atoms with van der Waals surface area (Å²) < 4.78 is 40.1. The smallest absolute Gasteiger partial charge is 0.428 e. The van der Waals surface area contributed by atoms with Gasteiger partial charge in [-0.25, -0.2) is 4.79 Å². The minimum atomic E-state index is -5.26. The van der Waals surface area contributed by atoms with Crippen molar-refractivity contribution in [1.29, 1.82) is 0 Å². The van der Waals surface area contributed by atoms with Crippen LogP contribution in [0.2, 0.25) is 0 Å². The summed E-state index contributed by atoms with van der Waals surface area (Å²) in [7, 11) is 0.676. The number of azide groups is 1. The average Bonchev–Trinajstić information content (AvgIpc) is 2.10. The van der Waals surface area contributed by atoms with Crippen LogP contribution in [-0.4, -0.2) is 36.5 Å². The third-order valence-electron chi connectivity index (χ3n) is 1.35. The molecule has 14 heavy (non-hydrogen) atoms. The Labute approximate surface area is 75.9 Å². The van der Waals surface area contributed by atoms with Crippen LogP contribution in [-0.2, 0) is 9.53 Å². The van der Waals surface area contributed by atoms with Gasteiger partial charge in [0.1, 0.15) is 0 Å². The van der Waals surface area contributed by atoms with Crippen LogP contribution in [0.15, 0.2) is 5.11 Å². The van der Waals surface area contributed by atoms with Crippen molar-refractivity contribution in [2.75, 3.05) is 13.7 Å². The van der Waals surface area contributed by atoms with Gasteiger partial charge < -0.3 is 9.84 Å². The number of hydrogen-bond donors (Lipinski definition) is 1. The van der Waals surface area contributed by atoms with E-state index >= 15 is 0 Å². The Bertz CT molecular complexity index is 273. The summed E-state index contributed by atoms with van der Waals surface area (Å²) in [5, 5.41) is 11.4. The molecule has 0 aliphatic rings. The lowest BCUT2D eigenvalue weighted by atomic mass is 10.1.